The number of fused-ring (bicyclic) bond motifs is 1. The highest BCUT2D eigenvalue weighted by atomic mass is 16.5. The number of hydrogen-bond acceptors (Lipinski definition) is 3. The van der Waals surface area contributed by atoms with Crippen LogP contribution in [0.5, 0.6) is 5.75 Å². The number of methoxy groups -OCH3 is 1. The van der Waals surface area contributed by atoms with E-state index in [1.165, 1.54) is 7.11 Å². The molecule has 16 heavy (non-hydrogen) atoms. The van der Waals surface area contributed by atoms with E-state index in [4.69, 9.17) is 9.94 Å². The lowest BCUT2D eigenvalue weighted by Gasteiger charge is -2.09. The van der Waals surface area contributed by atoms with Crippen molar-refractivity contribution in [3.05, 3.63) is 42.0 Å². The summed E-state index contributed by atoms with van der Waals surface area (Å²) in [5, 5.41) is 10.4. The average Bonchev–Trinajstić information content (AvgIpc) is 2.36. The third-order valence-corrected chi connectivity index (χ3v) is 2.44. The molecule has 0 aromatic heterocycles. The van der Waals surface area contributed by atoms with Gasteiger partial charge in [-0.25, -0.2) is 5.48 Å². The Morgan fingerprint density at radius 1 is 1.25 bits per heavy atom. The van der Waals surface area contributed by atoms with Crippen molar-refractivity contribution < 1.29 is 14.7 Å². The van der Waals surface area contributed by atoms with Crippen LogP contribution < -0.4 is 10.2 Å². The third-order valence-electron chi connectivity index (χ3n) is 2.44. The highest BCUT2D eigenvalue weighted by Gasteiger charge is 2.15. The quantitative estimate of drug-likeness (QED) is 0.597. The molecule has 4 nitrogen and oxygen atoms in total. The molecular weight excluding hydrogens is 206 g/mol. The molecule has 0 heterocycles. The van der Waals surface area contributed by atoms with Crippen LogP contribution in [0.1, 0.15) is 10.4 Å². The van der Waals surface area contributed by atoms with E-state index in [2.05, 4.69) is 0 Å². The van der Waals surface area contributed by atoms with Crippen molar-refractivity contribution in [1.82, 2.24) is 5.48 Å². The van der Waals surface area contributed by atoms with Gasteiger partial charge in [0.05, 0.1) is 12.7 Å². The molecule has 0 radical (unpaired) electrons. The number of carbonyl (C=O) groups is 1. The fourth-order valence-electron chi connectivity index (χ4n) is 1.71. The van der Waals surface area contributed by atoms with E-state index in [1.54, 1.807) is 11.5 Å². The first-order chi connectivity index (χ1) is 7.77. The summed E-state index contributed by atoms with van der Waals surface area (Å²) in [7, 11) is 1.48. The molecule has 82 valence electrons. The second-order valence-electron chi connectivity index (χ2n) is 3.30. The Balaban J connectivity index is 2.78. The smallest absolute Gasteiger partial charge is 0.279 e. The van der Waals surface area contributed by atoms with Crippen molar-refractivity contribution >= 4 is 16.7 Å². The predicted octanol–water partition coefficient (Wildman–Crippen LogP) is 1.97. The van der Waals surface area contributed by atoms with Crippen LogP contribution in [-0.2, 0) is 0 Å². The maximum Gasteiger partial charge on any atom is 0.279 e. The van der Waals surface area contributed by atoms with Crippen LogP contribution in [-0.4, -0.2) is 18.2 Å². The van der Waals surface area contributed by atoms with E-state index in [0.717, 1.165) is 10.8 Å². The lowest BCUT2D eigenvalue weighted by Crippen LogP contribution is -2.19. The Bertz CT molecular complexity index is 537. The van der Waals surface area contributed by atoms with Crippen LogP contribution in [0.2, 0.25) is 0 Å². The second-order valence-corrected chi connectivity index (χ2v) is 3.30. The minimum atomic E-state index is -0.575. The number of hydroxylamine groups is 1. The number of nitrogens with one attached hydrogen (secondary N) is 1. The summed E-state index contributed by atoms with van der Waals surface area (Å²) in [5.74, 6) is -0.140. The van der Waals surface area contributed by atoms with Gasteiger partial charge in [0, 0.05) is 0 Å². The molecule has 0 aliphatic heterocycles. The minimum absolute atomic E-state index is 0.336. The van der Waals surface area contributed by atoms with Crippen molar-refractivity contribution in [2.75, 3.05) is 7.11 Å². The number of benzene rings is 2. The van der Waals surface area contributed by atoms with Crippen LogP contribution >= 0.6 is 0 Å². The highest BCUT2D eigenvalue weighted by molar-refractivity contribution is 6.09. The molecule has 0 spiro atoms. The zero-order valence-electron chi connectivity index (χ0n) is 8.73. The van der Waals surface area contributed by atoms with E-state index in [-0.39, 0.29) is 0 Å². The number of hydrogen-bond donors (Lipinski definition) is 2. The molecule has 0 unspecified atom stereocenters. The van der Waals surface area contributed by atoms with Crippen LogP contribution in [0.3, 0.4) is 0 Å². The normalized spacial score (nSPS) is 10.1. The van der Waals surface area contributed by atoms with Gasteiger partial charge < -0.3 is 4.74 Å². The van der Waals surface area contributed by atoms with Gasteiger partial charge in [-0.15, -0.1) is 0 Å². The van der Waals surface area contributed by atoms with Crippen LogP contribution in [0.25, 0.3) is 10.8 Å². The van der Waals surface area contributed by atoms with Crippen molar-refractivity contribution in [3.63, 3.8) is 0 Å². The van der Waals surface area contributed by atoms with E-state index >= 15 is 0 Å². The Morgan fingerprint density at radius 2 is 2.00 bits per heavy atom. The lowest BCUT2D eigenvalue weighted by molar-refractivity contribution is 0.0705. The van der Waals surface area contributed by atoms with Crippen molar-refractivity contribution in [2.45, 2.75) is 0 Å². The van der Waals surface area contributed by atoms with E-state index in [0.29, 0.717) is 11.3 Å². The molecular formula is C12H11NO3. The number of rotatable bonds is 2. The zero-order chi connectivity index (χ0) is 11.5. The standard InChI is InChI=1S/C12H11NO3/c1-16-10-7-6-8-4-2-3-5-9(8)11(10)12(14)13-15/h2-7,15H,1H3,(H,13,14). The number of carbonyl (C=O) groups excluding carboxylic acids is 1. The average molecular weight is 217 g/mol. The van der Waals surface area contributed by atoms with Gasteiger partial charge in [-0.2, -0.15) is 0 Å². The monoisotopic (exact) mass is 217 g/mol. The van der Waals surface area contributed by atoms with Gasteiger partial charge in [0.25, 0.3) is 5.91 Å². The molecule has 0 aliphatic carbocycles. The SMILES string of the molecule is COc1ccc2ccccc2c1C(=O)NO. The van der Waals surface area contributed by atoms with Crippen molar-refractivity contribution in [3.8, 4) is 5.75 Å². The Hall–Kier alpha value is -2.07. The summed E-state index contributed by atoms with van der Waals surface area (Å²) < 4.78 is 5.10. The van der Waals surface area contributed by atoms with E-state index in [9.17, 15) is 4.79 Å². The Morgan fingerprint density at radius 3 is 2.69 bits per heavy atom. The second kappa shape index (κ2) is 4.20. The van der Waals surface area contributed by atoms with Crippen LogP contribution in [0, 0.1) is 0 Å². The maximum atomic E-state index is 11.6. The topological polar surface area (TPSA) is 58.6 Å². The molecule has 4 heteroatoms. The first-order valence-electron chi connectivity index (χ1n) is 4.78. The van der Waals surface area contributed by atoms with Gasteiger partial charge in [0.15, 0.2) is 0 Å². The van der Waals surface area contributed by atoms with Gasteiger partial charge in [0.2, 0.25) is 0 Å². The molecule has 0 saturated carbocycles. The van der Waals surface area contributed by atoms with E-state index < -0.39 is 5.91 Å². The third kappa shape index (κ3) is 1.59. The fraction of sp³-hybridized carbons (Fsp3) is 0.0833. The molecule has 0 aliphatic rings. The van der Waals surface area contributed by atoms with Gasteiger partial charge >= 0.3 is 0 Å². The van der Waals surface area contributed by atoms with Crippen LogP contribution in [0.15, 0.2) is 36.4 Å². The summed E-state index contributed by atoms with van der Waals surface area (Å²) in [6.07, 6.45) is 0. The van der Waals surface area contributed by atoms with Gasteiger partial charge in [0.1, 0.15) is 5.75 Å². The summed E-state index contributed by atoms with van der Waals surface area (Å²) in [5.41, 5.74) is 1.97. The van der Waals surface area contributed by atoms with Crippen molar-refractivity contribution in [1.29, 1.82) is 0 Å². The minimum Gasteiger partial charge on any atom is -0.496 e. The molecule has 0 bridgehead atoms. The molecule has 2 aromatic carbocycles. The van der Waals surface area contributed by atoms with Crippen molar-refractivity contribution in [2.24, 2.45) is 0 Å². The van der Waals surface area contributed by atoms with Gasteiger partial charge in [-0.3, -0.25) is 10.0 Å². The van der Waals surface area contributed by atoms with E-state index in [1.807, 2.05) is 30.3 Å². The molecule has 2 N–H and O–H groups in total. The summed E-state index contributed by atoms with van der Waals surface area (Å²) in [6, 6.07) is 11.0. The lowest BCUT2D eigenvalue weighted by atomic mass is 10.0. The molecule has 1 amide bonds. The van der Waals surface area contributed by atoms with Gasteiger partial charge in [-0.05, 0) is 16.8 Å². The highest BCUT2D eigenvalue weighted by Crippen LogP contribution is 2.27. The maximum absolute atomic E-state index is 11.6. The summed E-state index contributed by atoms with van der Waals surface area (Å²) in [6.45, 7) is 0. The number of amides is 1. The predicted molar refractivity (Wildman–Crippen MR) is 59.8 cm³/mol. The zero-order valence-corrected chi connectivity index (χ0v) is 8.73. The first-order valence-corrected chi connectivity index (χ1v) is 4.78. The molecule has 2 rings (SSSR count). The van der Waals surface area contributed by atoms with Gasteiger partial charge in [-0.1, -0.05) is 30.3 Å². The fourth-order valence-corrected chi connectivity index (χ4v) is 1.71. The Kier molecular flexibility index (Phi) is 2.74. The number of ether oxygens (including phenoxy) is 1. The largest absolute Gasteiger partial charge is 0.496 e. The Labute approximate surface area is 92.4 Å². The first kappa shape index (κ1) is 10.4. The van der Waals surface area contributed by atoms with Crippen LogP contribution in [0.4, 0.5) is 0 Å². The summed E-state index contributed by atoms with van der Waals surface area (Å²) >= 11 is 0. The molecule has 0 atom stereocenters. The molecule has 0 saturated heterocycles. The molecule has 2 aromatic rings. The summed E-state index contributed by atoms with van der Waals surface area (Å²) in [4.78, 5) is 11.6. The molecule has 0 fully saturated rings.